The molecule has 3 aromatic carbocycles. The lowest BCUT2D eigenvalue weighted by molar-refractivity contribution is -0.119. The molecule has 2 N–H and O–H groups in total. The van der Waals surface area contributed by atoms with Crippen molar-refractivity contribution in [3.05, 3.63) is 107 Å². The van der Waals surface area contributed by atoms with Crippen LogP contribution in [0.4, 0.5) is 17.1 Å². The van der Waals surface area contributed by atoms with Gasteiger partial charge in [0.2, 0.25) is 5.91 Å². The number of nitrogens with one attached hydrogen (secondary N) is 2. The average molecular weight is 425 g/mol. The molecule has 1 amide bonds. The first-order valence-electron chi connectivity index (χ1n) is 10.4. The fraction of sp³-hybridized carbons (Fsp3) is 0.115. The van der Waals surface area contributed by atoms with Crippen LogP contribution in [-0.2, 0) is 4.79 Å². The molecule has 4 rings (SSSR count). The lowest BCUT2D eigenvalue weighted by Crippen LogP contribution is -2.33. The van der Waals surface area contributed by atoms with Gasteiger partial charge in [-0.1, -0.05) is 48.0 Å². The number of amides is 1. The number of rotatable bonds is 6. The fourth-order valence-corrected chi connectivity index (χ4v) is 3.26. The van der Waals surface area contributed by atoms with Gasteiger partial charge in [-0.25, -0.2) is 4.68 Å². The SMILES string of the molecule is Cc1ccc(-c2ccc(=O)n(C(C)C(=O)Nc3ccc(Nc4ccccc4)cc3)n2)cc1. The summed E-state index contributed by atoms with van der Waals surface area (Å²) in [5, 5.41) is 10.6. The number of aromatic nitrogens is 2. The average Bonchev–Trinajstić information content (AvgIpc) is 2.81. The quantitative estimate of drug-likeness (QED) is 0.448. The molecule has 6 nitrogen and oxygen atoms in total. The predicted molar refractivity (Wildman–Crippen MR) is 128 cm³/mol. The summed E-state index contributed by atoms with van der Waals surface area (Å²) in [5.74, 6) is -0.315. The van der Waals surface area contributed by atoms with Gasteiger partial charge in [-0.2, -0.15) is 5.10 Å². The van der Waals surface area contributed by atoms with E-state index in [-0.39, 0.29) is 11.5 Å². The Kier molecular flexibility index (Phi) is 6.12. The highest BCUT2D eigenvalue weighted by molar-refractivity contribution is 5.93. The summed E-state index contributed by atoms with van der Waals surface area (Å²) in [4.78, 5) is 25.2. The minimum absolute atomic E-state index is 0.315. The molecule has 1 heterocycles. The van der Waals surface area contributed by atoms with Crippen LogP contribution in [0.25, 0.3) is 11.3 Å². The standard InChI is InChI=1S/C26H24N4O2/c1-18-8-10-20(11-9-18)24-16-17-25(31)30(29-24)19(2)26(32)28-23-14-12-22(13-15-23)27-21-6-4-3-5-7-21/h3-17,19,27H,1-2H3,(H,28,32). The van der Waals surface area contributed by atoms with Crippen LogP contribution in [-0.4, -0.2) is 15.7 Å². The molecule has 32 heavy (non-hydrogen) atoms. The summed E-state index contributed by atoms with van der Waals surface area (Å²) in [7, 11) is 0. The Morgan fingerprint density at radius 2 is 1.44 bits per heavy atom. The van der Waals surface area contributed by atoms with Crippen LogP contribution in [0.5, 0.6) is 0 Å². The van der Waals surface area contributed by atoms with E-state index in [0.29, 0.717) is 11.4 Å². The van der Waals surface area contributed by atoms with Crippen LogP contribution in [0, 0.1) is 6.92 Å². The van der Waals surface area contributed by atoms with Gasteiger partial charge in [-0.3, -0.25) is 9.59 Å². The summed E-state index contributed by atoms with van der Waals surface area (Å²) in [6.45, 7) is 3.67. The van der Waals surface area contributed by atoms with Crippen molar-refractivity contribution in [1.82, 2.24) is 9.78 Å². The van der Waals surface area contributed by atoms with E-state index in [9.17, 15) is 9.59 Å². The highest BCUT2D eigenvalue weighted by Gasteiger charge is 2.18. The van der Waals surface area contributed by atoms with E-state index < -0.39 is 6.04 Å². The third-order valence-electron chi connectivity index (χ3n) is 5.13. The maximum Gasteiger partial charge on any atom is 0.267 e. The van der Waals surface area contributed by atoms with Crippen molar-refractivity contribution in [3.63, 3.8) is 0 Å². The van der Waals surface area contributed by atoms with Gasteiger partial charge < -0.3 is 10.6 Å². The molecule has 0 aliphatic rings. The Morgan fingerprint density at radius 3 is 2.12 bits per heavy atom. The number of carbonyl (C=O) groups is 1. The number of aryl methyl sites for hydroxylation is 1. The summed E-state index contributed by atoms with van der Waals surface area (Å²) >= 11 is 0. The molecule has 0 spiro atoms. The normalized spacial score (nSPS) is 11.6. The summed E-state index contributed by atoms with van der Waals surface area (Å²) in [6.07, 6.45) is 0. The zero-order valence-corrected chi connectivity index (χ0v) is 17.9. The molecule has 6 heteroatoms. The van der Waals surface area contributed by atoms with E-state index in [1.165, 1.54) is 10.7 Å². The predicted octanol–water partition coefficient (Wildman–Crippen LogP) is 5.16. The summed E-state index contributed by atoms with van der Waals surface area (Å²) in [5.41, 5.74) is 4.87. The van der Waals surface area contributed by atoms with Gasteiger partial charge in [0.15, 0.2) is 0 Å². The van der Waals surface area contributed by atoms with Crippen molar-refractivity contribution >= 4 is 23.0 Å². The molecule has 1 unspecified atom stereocenters. The van der Waals surface area contributed by atoms with Gasteiger partial charge in [0.1, 0.15) is 6.04 Å². The molecule has 0 fully saturated rings. The first-order valence-corrected chi connectivity index (χ1v) is 10.4. The van der Waals surface area contributed by atoms with Gasteiger partial charge >= 0.3 is 0 Å². The van der Waals surface area contributed by atoms with E-state index >= 15 is 0 Å². The molecule has 0 radical (unpaired) electrons. The van der Waals surface area contributed by atoms with Gasteiger partial charge in [-0.15, -0.1) is 0 Å². The highest BCUT2D eigenvalue weighted by atomic mass is 16.2. The number of nitrogens with zero attached hydrogens (tertiary/aromatic N) is 2. The molecular formula is C26H24N4O2. The van der Waals surface area contributed by atoms with Crippen LogP contribution in [0.1, 0.15) is 18.5 Å². The second-order valence-electron chi connectivity index (χ2n) is 7.60. The minimum Gasteiger partial charge on any atom is -0.356 e. The van der Waals surface area contributed by atoms with E-state index in [1.54, 1.807) is 13.0 Å². The van der Waals surface area contributed by atoms with Crippen molar-refractivity contribution in [2.45, 2.75) is 19.9 Å². The maximum absolute atomic E-state index is 12.8. The number of hydrogen-bond donors (Lipinski definition) is 2. The molecule has 0 saturated carbocycles. The number of para-hydroxylation sites is 1. The molecule has 0 saturated heterocycles. The number of benzene rings is 3. The third-order valence-corrected chi connectivity index (χ3v) is 5.13. The first-order chi connectivity index (χ1) is 15.5. The van der Waals surface area contributed by atoms with Gasteiger partial charge in [0.25, 0.3) is 5.56 Å². The molecular weight excluding hydrogens is 400 g/mol. The van der Waals surface area contributed by atoms with E-state index in [1.807, 2.05) is 85.8 Å². The van der Waals surface area contributed by atoms with E-state index in [4.69, 9.17) is 0 Å². The van der Waals surface area contributed by atoms with Crippen LogP contribution in [0.2, 0.25) is 0 Å². The molecule has 1 atom stereocenters. The van der Waals surface area contributed by atoms with Crippen LogP contribution in [0.15, 0.2) is 95.8 Å². The maximum atomic E-state index is 12.8. The smallest absolute Gasteiger partial charge is 0.267 e. The Balaban J connectivity index is 1.47. The second-order valence-corrected chi connectivity index (χ2v) is 7.60. The first kappa shape index (κ1) is 21.1. The van der Waals surface area contributed by atoms with Crippen molar-refractivity contribution in [2.75, 3.05) is 10.6 Å². The van der Waals surface area contributed by atoms with Gasteiger partial charge in [0.05, 0.1) is 5.69 Å². The van der Waals surface area contributed by atoms with Crippen LogP contribution < -0.4 is 16.2 Å². The van der Waals surface area contributed by atoms with Gasteiger partial charge in [-0.05, 0) is 56.3 Å². The topological polar surface area (TPSA) is 76.0 Å². The van der Waals surface area contributed by atoms with Crippen molar-refractivity contribution in [1.29, 1.82) is 0 Å². The number of anilines is 3. The third kappa shape index (κ3) is 4.92. The summed E-state index contributed by atoms with van der Waals surface area (Å²) in [6, 6.07) is 27.4. The molecule has 1 aromatic heterocycles. The summed E-state index contributed by atoms with van der Waals surface area (Å²) < 4.78 is 1.22. The Morgan fingerprint density at radius 1 is 0.812 bits per heavy atom. The molecule has 0 aliphatic heterocycles. The Bertz CT molecular complexity index is 1260. The monoisotopic (exact) mass is 424 g/mol. The lowest BCUT2D eigenvalue weighted by Gasteiger charge is -2.15. The van der Waals surface area contributed by atoms with Crippen molar-refractivity contribution < 1.29 is 4.79 Å². The molecule has 0 bridgehead atoms. The lowest BCUT2D eigenvalue weighted by atomic mass is 10.1. The van der Waals surface area contributed by atoms with E-state index in [2.05, 4.69) is 15.7 Å². The molecule has 0 aliphatic carbocycles. The zero-order valence-electron chi connectivity index (χ0n) is 17.9. The van der Waals surface area contributed by atoms with Crippen LogP contribution >= 0.6 is 0 Å². The molecule has 4 aromatic rings. The highest BCUT2D eigenvalue weighted by Crippen LogP contribution is 2.20. The van der Waals surface area contributed by atoms with Crippen molar-refractivity contribution in [3.8, 4) is 11.3 Å². The zero-order chi connectivity index (χ0) is 22.5. The second kappa shape index (κ2) is 9.31. The number of carbonyl (C=O) groups excluding carboxylic acids is 1. The van der Waals surface area contributed by atoms with Crippen molar-refractivity contribution in [2.24, 2.45) is 0 Å². The largest absolute Gasteiger partial charge is 0.356 e. The van der Waals surface area contributed by atoms with Crippen LogP contribution in [0.3, 0.4) is 0 Å². The minimum atomic E-state index is -0.769. The van der Waals surface area contributed by atoms with E-state index in [0.717, 1.165) is 22.5 Å². The Labute approximate surface area is 186 Å². The Hall–Kier alpha value is -4.19. The fourth-order valence-electron chi connectivity index (χ4n) is 3.26. The molecule has 160 valence electrons. The number of hydrogen-bond acceptors (Lipinski definition) is 4. The van der Waals surface area contributed by atoms with Gasteiger partial charge in [0, 0.05) is 28.7 Å².